The van der Waals surface area contributed by atoms with Crippen LogP contribution in [-0.4, -0.2) is 41.8 Å². The van der Waals surface area contributed by atoms with Gasteiger partial charge in [-0.2, -0.15) is 0 Å². The van der Waals surface area contributed by atoms with Crippen molar-refractivity contribution in [3.63, 3.8) is 0 Å². The number of aryl methyl sites for hydroxylation is 1. The number of ether oxygens (including phenoxy) is 1. The molecule has 200 valence electrons. The first kappa shape index (κ1) is 30.0. The molecule has 7 heteroatoms. The first-order chi connectivity index (χ1) is 17.5. The number of aliphatic hydroxyl groups excluding tert-OH is 2. The largest absolute Gasteiger partial charge is 0.462 e. The van der Waals surface area contributed by atoms with Crippen molar-refractivity contribution in [1.82, 2.24) is 0 Å². The summed E-state index contributed by atoms with van der Waals surface area (Å²) >= 11 is 1.52. The lowest BCUT2D eigenvalue weighted by Gasteiger charge is -2.17. The van der Waals surface area contributed by atoms with Gasteiger partial charge in [0.25, 0.3) is 0 Å². The number of amides is 1. The van der Waals surface area contributed by atoms with Gasteiger partial charge in [-0.05, 0) is 68.4 Å². The third-order valence-corrected chi connectivity index (χ3v) is 7.26. The van der Waals surface area contributed by atoms with Crippen LogP contribution in [0.25, 0.3) is 0 Å². The van der Waals surface area contributed by atoms with Crippen LogP contribution < -0.4 is 4.90 Å². The Morgan fingerprint density at radius 1 is 1.03 bits per heavy atom. The Balaban J connectivity index is 0.000000255. The minimum atomic E-state index is -0.380. The Morgan fingerprint density at radius 2 is 1.81 bits per heavy atom. The molecule has 0 bridgehead atoms. The standard InChI is InChI=1S/C16H23NO2.C13H20O3S/c1-2-3-4-6-15(18)13-8-10-14(11-9-13)17-12-5-7-16(17)19;1-2-6-11-7-8-12(17-11)13(15)16-10-5-3-4-9-14/h8-11,15,18H,2-7,12H2,1H3;7-8,14H,2-6,9-10H2,1H3/t15-;/m0./s1. The Morgan fingerprint density at radius 3 is 2.44 bits per heavy atom. The first-order valence-corrected chi connectivity index (χ1v) is 14.3. The number of esters is 1. The second kappa shape index (κ2) is 17.3. The van der Waals surface area contributed by atoms with Gasteiger partial charge in [-0.25, -0.2) is 4.79 Å². The summed E-state index contributed by atoms with van der Waals surface area (Å²) in [6, 6.07) is 11.6. The summed E-state index contributed by atoms with van der Waals surface area (Å²) in [5, 5.41) is 18.7. The first-order valence-electron chi connectivity index (χ1n) is 13.4. The number of aliphatic hydroxyl groups is 2. The number of hydrogen-bond donors (Lipinski definition) is 2. The summed E-state index contributed by atoms with van der Waals surface area (Å²) in [6.07, 6.45) is 10.0. The molecule has 1 saturated heterocycles. The summed E-state index contributed by atoms with van der Waals surface area (Å²) in [5.74, 6) is -0.0161. The fourth-order valence-corrected chi connectivity index (χ4v) is 5.05. The fraction of sp³-hybridized carbons (Fsp3) is 0.586. The lowest BCUT2D eigenvalue weighted by Crippen LogP contribution is -2.23. The van der Waals surface area contributed by atoms with Gasteiger partial charge < -0.3 is 19.8 Å². The molecule has 0 unspecified atom stereocenters. The van der Waals surface area contributed by atoms with Crippen LogP contribution in [0.2, 0.25) is 0 Å². The number of carbonyl (C=O) groups is 2. The topological polar surface area (TPSA) is 87.1 Å². The van der Waals surface area contributed by atoms with Crippen LogP contribution in [0.3, 0.4) is 0 Å². The Bertz CT molecular complexity index is 895. The number of rotatable bonds is 14. The molecule has 1 aromatic carbocycles. The number of anilines is 1. The summed E-state index contributed by atoms with van der Waals surface area (Å²) in [4.78, 5) is 27.0. The minimum Gasteiger partial charge on any atom is -0.462 e. The van der Waals surface area contributed by atoms with Crippen LogP contribution >= 0.6 is 11.3 Å². The molecule has 0 radical (unpaired) electrons. The molecule has 2 aromatic rings. The van der Waals surface area contributed by atoms with Crippen molar-refractivity contribution in [1.29, 1.82) is 0 Å². The number of hydrogen-bond acceptors (Lipinski definition) is 6. The molecule has 1 aromatic heterocycles. The van der Waals surface area contributed by atoms with Gasteiger partial charge in [0.2, 0.25) is 5.91 Å². The number of unbranched alkanes of at least 4 members (excludes halogenated alkanes) is 4. The van der Waals surface area contributed by atoms with E-state index in [-0.39, 0.29) is 24.6 Å². The molecule has 1 fully saturated rings. The van der Waals surface area contributed by atoms with E-state index in [0.29, 0.717) is 17.9 Å². The summed E-state index contributed by atoms with van der Waals surface area (Å²) in [7, 11) is 0. The third-order valence-electron chi connectivity index (χ3n) is 6.14. The SMILES string of the molecule is CCCCC[C@H](O)c1ccc(N2CCCC2=O)cc1.CCCc1ccc(C(=O)OCCCCCO)s1. The molecular weight excluding hydrogens is 474 g/mol. The molecule has 1 amide bonds. The second-order valence-electron chi connectivity index (χ2n) is 9.19. The van der Waals surface area contributed by atoms with Gasteiger partial charge in [0, 0.05) is 30.1 Å². The van der Waals surface area contributed by atoms with Crippen LogP contribution in [0, 0.1) is 0 Å². The zero-order chi connectivity index (χ0) is 26.2. The van der Waals surface area contributed by atoms with Crippen molar-refractivity contribution < 1.29 is 24.5 Å². The van der Waals surface area contributed by atoms with E-state index in [2.05, 4.69) is 13.8 Å². The van der Waals surface area contributed by atoms with Gasteiger partial charge >= 0.3 is 5.97 Å². The zero-order valence-corrected chi connectivity index (χ0v) is 22.7. The highest BCUT2D eigenvalue weighted by Crippen LogP contribution is 2.25. The van der Waals surface area contributed by atoms with Gasteiger partial charge in [-0.3, -0.25) is 4.79 Å². The van der Waals surface area contributed by atoms with E-state index in [4.69, 9.17) is 9.84 Å². The maximum atomic E-state index is 11.6. The molecule has 36 heavy (non-hydrogen) atoms. The van der Waals surface area contributed by atoms with Gasteiger partial charge in [-0.1, -0.05) is 51.7 Å². The van der Waals surface area contributed by atoms with Crippen LogP contribution in [-0.2, 0) is 16.0 Å². The van der Waals surface area contributed by atoms with E-state index >= 15 is 0 Å². The van der Waals surface area contributed by atoms with Gasteiger partial charge in [0.05, 0.1) is 12.7 Å². The predicted octanol–water partition coefficient (Wildman–Crippen LogP) is 6.45. The highest BCUT2D eigenvalue weighted by Gasteiger charge is 2.21. The number of carbonyl (C=O) groups excluding carboxylic acids is 2. The van der Waals surface area contributed by atoms with Crippen molar-refractivity contribution in [2.24, 2.45) is 0 Å². The Hall–Kier alpha value is -2.22. The van der Waals surface area contributed by atoms with Crippen LogP contribution in [0.4, 0.5) is 5.69 Å². The van der Waals surface area contributed by atoms with Crippen LogP contribution in [0.15, 0.2) is 36.4 Å². The molecule has 6 nitrogen and oxygen atoms in total. The lowest BCUT2D eigenvalue weighted by atomic mass is 10.0. The van der Waals surface area contributed by atoms with Crippen LogP contribution in [0.5, 0.6) is 0 Å². The molecule has 1 aliphatic rings. The minimum absolute atomic E-state index is 0.205. The Kier molecular flexibility index (Phi) is 14.4. The van der Waals surface area contributed by atoms with E-state index in [1.807, 2.05) is 41.3 Å². The van der Waals surface area contributed by atoms with Gasteiger partial charge in [0.15, 0.2) is 0 Å². The highest BCUT2D eigenvalue weighted by atomic mass is 32.1. The van der Waals surface area contributed by atoms with E-state index in [1.165, 1.54) is 22.6 Å². The molecule has 0 aliphatic carbocycles. The summed E-state index contributed by atoms with van der Waals surface area (Å²) in [6.45, 7) is 5.75. The number of thiophene rings is 1. The normalized spacial score (nSPS) is 13.9. The van der Waals surface area contributed by atoms with Crippen molar-refractivity contribution >= 4 is 28.9 Å². The van der Waals surface area contributed by atoms with Crippen LogP contribution in [0.1, 0.15) is 104 Å². The number of benzene rings is 1. The molecule has 3 rings (SSSR count). The van der Waals surface area contributed by atoms with E-state index < -0.39 is 0 Å². The Labute approximate surface area is 220 Å². The predicted molar refractivity (Wildman–Crippen MR) is 147 cm³/mol. The third kappa shape index (κ3) is 10.4. The van der Waals surface area contributed by atoms with E-state index in [9.17, 15) is 14.7 Å². The molecule has 2 N–H and O–H groups in total. The quantitative estimate of drug-likeness (QED) is 0.222. The maximum absolute atomic E-state index is 11.6. The fourth-order valence-electron chi connectivity index (χ4n) is 4.05. The maximum Gasteiger partial charge on any atom is 0.348 e. The molecule has 0 saturated carbocycles. The molecule has 1 aliphatic heterocycles. The molecular formula is C29H43NO5S. The molecule has 0 spiro atoms. The van der Waals surface area contributed by atoms with Crippen molar-refractivity contribution in [3.8, 4) is 0 Å². The van der Waals surface area contributed by atoms with E-state index in [0.717, 1.165) is 75.6 Å². The van der Waals surface area contributed by atoms with Gasteiger partial charge in [0.1, 0.15) is 4.88 Å². The second-order valence-corrected chi connectivity index (χ2v) is 10.4. The highest BCUT2D eigenvalue weighted by molar-refractivity contribution is 7.13. The van der Waals surface area contributed by atoms with Crippen molar-refractivity contribution in [2.45, 2.75) is 90.6 Å². The average Bonchev–Trinajstić information content (AvgIpc) is 3.54. The molecule has 1 atom stereocenters. The number of nitrogens with zero attached hydrogens (tertiary/aromatic N) is 1. The average molecular weight is 518 g/mol. The van der Waals surface area contributed by atoms with Gasteiger partial charge in [-0.15, -0.1) is 11.3 Å². The summed E-state index contributed by atoms with van der Waals surface area (Å²) < 4.78 is 5.16. The monoisotopic (exact) mass is 517 g/mol. The lowest BCUT2D eigenvalue weighted by molar-refractivity contribution is -0.117. The zero-order valence-electron chi connectivity index (χ0n) is 21.9. The van der Waals surface area contributed by atoms with Crippen molar-refractivity contribution in [2.75, 3.05) is 24.7 Å². The van der Waals surface area contributed by atoms with Crippen molar-refractivity contribution in [3.05, 3.63) is 51.7 Å². The smallest absolute Gasteiger partial charge is 0.348 e. The van der Waals surface area contributed by atoms with E-state index in [1.54, 1.807) is 0 Å². The summed E-state index contributed by atoms with van der Waals surface area (Å²) in [5.41, 5.74) is 1.90. The molecule has 2 heterocycles.